The van der Waals surface area contributed by atoms with E-state index in [1.165, 1.54) is 19.3 Å². The molecule has 6 amide bonds. The van der Waals surface area contributed by atoms with Crippen molar-refractivity contribution >= 4 is 59.3 Å². The van der Waals surface area contributed by atoms with Gasteiger partial charge < -0.3 is 47.1 Å². The number of alkyl halides is 1. The number of ether oxygens (including phenoxy) is 1. The molecule has 380 valence electrons. The third-order valence-corrected chi connectivity index (χ3v) is 13.0. The number of hydrogen-bond acceptors (Lipinski definition) is 10. The molecule has 0 aromatic carbocycles. The number of amides is 6. The lowest BCUT2D eigenvalue weighted by Gasteiger charge is -2.38. The first-order chi connectivity index (χ1) is 31.4. The average Bonchev–Trinajstić information content (AvgIpc) is 3.81. The predicted molar refractivity (Wildman–Crippen MR) is 264 cm³/mol. The van der Waals surface area contributed by atoms with Crippen LogP contribution < -0.4 is 37.2 Å². The van der Waals surface area contributed by atoms with Crippen LogP contribution in [0, 0.1) is 40.9 Å². The lowest BCUT2D eigenvalue weighted by atomic mass is 9.79. The van der Waals surface area contributed by atoms with Gasteiger partial charge in [-0.05, 0) is 86.9 Å². The highest BCUT2D eigenvalue weighted by Crippen LogP contribution is 2.35. The van der Waals surface area contributed by atoms with Crippen LogP contribution in [0.1, 0.15) is 138 Å². The maximum Gasteiger partial charge on any atom is 0.243 e. The van der Waals surface area contributed by atoms with Crippen molar-refractivity contribution in [3.05, 3.63) is 13.2 Å². The maximum absolute atomic E-state index is 13.5. The van der Waals surface area contributed by atoms with Crippen LogP contribution in [-0.4, -0.2) is 122 Å². The molecule has 9 N–H and O–H groups in total. The number of carbonyl (C=O) groups excluding carboxylic acids is 6. The first-order valence-electron chi connectivity index (χ1n) is 23.9. The molecular formula is C48H86Cl2N8O8. The van der Waals surface area contributed by atoms with Gasteiger partial charge in [0.15, 0.2) is 0 Å². The van der Waals surface area contributed by atoms with Gasteiger partial charge in [-0.3, -0.25) is 28.8 Å². The Kier molecular flexibility index (Phi) is 33.8. The van der Waals surface area contributed by atoms with E-state index in [-0.39, 0.29) is 60.0 Å². The highest BCUT2D eigenvalue weighted by molar-refractivity contribution is 6.22. The molecule has 7 atom stereocenters. The summed E-state index contributed by atoms with van der Waals surface area (Å²) in [5.74, 6) is 5.01. The van der Waals surface area contributed by atoms with Crippen molar-refractivity contribution < 1.29 is 38.6 Å². The van der Waals surface area contributed by atoms with Crippen LogP contribution in [0.3, 0.4) is 0 Å². The Bertz CT molecular complexity index is 1480. The van der Waals surface area contributed by atoms with Gasteiger partial charge in [-0.2, -0.15) is 0 Å². The van der Waals surface area contributed by atoms with Gasteiger partial charge in [0.05, 0.1) is 37.2 Å². The van der Waals surface area contributed by atoms with E-state index >= 15 is 0 Å². The summed E-state index contributed by atoms with van der Waals surface area (Å²) in [6.45, 7) is 21.0. The van der Waals surface area contributed by atoms with Crippen molar-refractivity contribution in [2.75, 3.05) is 40.0 Å². The Morgan fingerprint density at radius 3 is 1.95 bits per heavy atom. The van der Waals surface area contributed by atoms with Crippen LogP contribution in [0.25, 0.3) is 0 Å². The molecule has 2 saturated carbocycles. The summed E-state index contributed by atoms with van der Waals surface area (Å²) < 4.78 is 5.82. The van der Waals surface area contributed by atoms with Crippen LogP contribution in [0.5, 0.6) is 0 Å². The molecule has 0 aromatic rings. The van der Waals surface area contributed by atoms with Crippen molar-refractivity contribution in [1.82, 2.24) is 36.3 Å². The molecule has 66 heavy (non-hydrogen) atoms. The fourth-order valence-corrected chi connectivity index (χ4v) is 9.32. The number of nitrogens with one attached hydrogen (secondary N) is 6. The SMILES string of the molecule is C=C.CCC#CCOCC(NC(=O)C1CCCN1C(=O)[C@@H](C(Cl)NC)C(C)(C)C)C1CCCCC1.CCC(NC(=O)CNC(=O)C(NC(=O)[C@@H](CO)NCl)C1CCCCC1)C(C)C.NC=O. The number of nitrogens with zero attached hydrogens (tertiary/aromatic N) is 1. The number of hydrogen-bond donors (Lipinski definition) is 8. The van der Waals surface area contributed by atoms with Gasteiger partial charge in [0.2, 0.25) is 35.9 Å². The lowest BCUT2D eigenvalue weighted by Crippen LogP contribution is -2.56. The smallest absolute Gasteiger partial charge is 0.243 e. The molecule has 3 rings (SSSR count). The summed E-state index contributed by atoms with van der Waals surface area (Å²) in [6.07, 6.45) is 14.0. The van der Waals surface area contributed by atoms with Gasteiger partial charge in [0.25, 0.3) is 0 Å². The fourth-order valence-electron chi connectivity index (χ4n) is 8.67. The molecule has 5 unspecified atom stereocenters. The van der Waals surface area contributed by atoms with E-state index in [4.69, 9.17) is 32.9 Å². The second kappa shape index (κ2) is 35.7. The quantitative estimate of drug-likeness (QED) is 0.0160. The summed E-state index contributed by atoms with van der Waals surface area (Å²) in [5, 5.41) is 23.8. The normalized spacial score (nSPS) is 19.1. The second-order valence-corrected chi connectivity index (χ2v) is 19.1. The van der Waals surface area contributed by atoms with E-state index in [2.05, 4.69) is 62.2 Å². The van der Waals surface area contributed by atoms with E-state index in [1.54, 1.807) is 11.9 Å². The van der Waals surface area contributed by atoms with E-state index < -0.39 is 42.1 Å². The second-order valence-electron chi connectivity index (χ2n) is 18.4. The summed E-state index contributed by atoms with van der Waals surface area (Å²) in [4.78, 5) is 76.7. The third-order valence-electron chi connectivity index (χ3n) is 12.3. The van der Waals surface area contributed by atoms with E-state index in [0.29, 0.717) is 38.0 Å². The van der Waals surface area contributed by atoms with Crippen molar-refractivity contribution in [3.63, 3.8) is 0 Å². The molecule has 3 fully saturated rings. The van der Waals surface area contributed by atoms with Gasteiger partial charge >= 0.3 is 0 Å². The number of nitrogens with two attached hydrogens (primary N) is 1. The van der Waals surface area contributed by atoms with Crippen molar-refractivity contribution in [2.24, 2.45) is 34.8 Å². The minimum atomic E-state index is -1.000. The zero-order valence-electron chi connectivity index (χ0n) is 41.3. The largest absolute Gasteiger partial charge is 0.394 e. The molecule has 1 aliphatic heterocycles. The average molecular weight is 974 g/mol. The van der Waals surface area contributed by atoms with Gasteiger partial charge in [-0.15, -0.1) is 30.7 Å². The Hall–Kier alpha value is -3.46. The van der Waals surface area contributed by atoms with Crippen LogP contribution in [-0.2, 0) is 33.5 Å². The molecule has 1 heterocycles. The zero-order chi connectivity index (χ0) is 50.2. The highest BCUT2D eigenvalue weighted by atomic mass is 35.5. The number of aliphatic hydroxyl groups excluding tert-OH is 1. The summed E-state index contributed by atoms with van der Waals surface area (Å²) in [7, 11) is 1.76. The number of halogens is 2. The first-order valence-corrected chi connectivity index (χ1v) is 24.7. The molecule has 0 bridgehead atoms. The van der Waals surface area contributed by atoms with Crippen LogP contribution in [0.4, 0.5) is 0 Å². The van der Waals surface area contributed by atoms with E-state index in [9.17, 15) is 29.1 Å². The van der Waals surface area contributed by atoms with Crippen molar-refractivity contribution in [2.45, 2.75) is 174 Å². The zero-order valence-corrected chi connectivity index (χ0v) is 42.8. The molecule has 16 nitrogen and oxygen atoms in total. The standard InChI is InChI=1S/C26H44ClN3O3.C19H35ClN4O4.C2H4.CH3NO/c1-6-7-11-17-33-18-20(19-13-9-8-10-14-19)29-24(31)21-15-12-16-30(21)25(32)22(23(27)28-5)26(2,3)4;1-4-14(12(2)3)22-16(26)10-21-19(28)17(13-8-6-5-7-9-13)23-18(27)15(11-25)24-20;1-2;2-1-3/h19-23,28H,6,8-10,12-18H2,1-5H3,(H,29,31);12-15,17,24-25H,4-11H2,1-3H3,(H,21,28)(H,22,26)(H,23,27);1-2H2;1H,(H2,2,3)/t20?,21?,22-,23?;14?,15-,17?;;/m11../s1. The first kappa shape index (κ1) is 62.5. The molecule has 0 spiro atoms. The van der Waals surface area contributed by atoms with Crippen molar-refractivity contribution in [1.29, 1.82) is 0 Å². The molecule has 0 aromatic heterocycles. The number of primary amides is 1. The Morgan fingerprint density at radius 1 is 0.894 bits per heavy atom. The number of likely N-dealkylation sites (tertiary alicyclic amines) is 1. The van der Waals surface area contributed by atoms with Gasteiger partial charge in [0.1, 0.15) is 24.7 Å². The maximum atomic E-state index is 13.5. The summed E-state index contributed by atoms with van der Waals surface area (Å²) in [5.41, 5.74) is 3.35. The number of aliphatic hydroxyl groups is 1. The third kappa shape index (κ3) is 23.0. The summed E-state index contributed by atoms with van der Waals surface area (Å²) in [6, 6.07) is -2.20. The predicted octanol–water partition coefficient (Wildman–Crippen LogP) is 4.65. The topological polar surface area (TPSA) is 233 Å². The summed E-state index contributed by atoms with van der Waals surface area (Å²) >= 11 is 12.0. The van der Waals surface area contributed by atoms with E-state index in [0.717, 1.165) is 64.2 Å². The number of rotatable bonds is 20. The monoisotopic (exact) mass is 973 g/mol. The fraction of sp³-hybridized carbons (Fsp3) is 0.792. The van der Waals surface area contributed by atoms with Crippen LogP contribution in [0.15, 0.2) is 13.2 Å². The lowest BCUT2D eigenvalue weighted by molar-refractivity contribution is -0.145. The minimum Gasteiger partial charge on any atom is -0.394 e. The number of carbonyl (C=O) groups is 6. The Labute approximate surface area is 406 Å². The molecule has 3 aliphatic rings. The van der Waals surface area contributed by atoms with Gasteiger partial charge in [-0.1, -0.05) is 92.9 Å². The minimum absolute atomic E-state index is 0.00511. The molecular weight excluding hydrogens is 887 g/mol. The van der Waals surface area contributed by atoms with E-state index in [1.807, 2.05) is 48.5 Å². The highest BCUT2D eigenvalue weighted by Gasteiger charge is 2.44. The molecule has 2 aliphatic carbocycles. The Balaban J connectivity index is 0.00000118. The van der Waals surface area contributed by atoms with Gasteiger partial charge in [-0.25, -0.2) is 4.84 Å². The van der Waals surface area contributed by atoms with Crippen LogP contribution in [0.2, 0.25) is 0 Å². The van der Waals surface area contributed by atoms with Crippen molar-refractivity contribution in [3.8, 4) is 11.8 Å². The molecule has 1 saturated heterocycles. The Morgan fingerprint density at radius 2 is 1.47 bits per heavy atom. The molecule has 18 heteroatoms. The molecule has 0 radical (unpaired) electrons. The van der Waals surface area contributed by atoms with Crippen LogP contribution >= 0.6 is 23.4 Å². The van der Waals surface area contributed by atoms with Gasteiger partial charge in [0, 0.05) is 19.0 Å².